The van der Waals surface area contributed by atoms with E-state index < -0.39 is 25.1 Å². The zero-order chi connectivity index (χ0) is 15.8. The lowest BCUT2D eigenvalue weighted by molar-refractivity contribution is 0.0520. The summed E-state index contributed by atoms with van der Waals surface area (Å²) < 4.78 is 27.2. The van der Waals surface area contributed by atoms with Crippen molar-refractivity contribution in [2.75, 3.05) is 19.8 Å². The maximum atomic E-state index is 12.2. The fourth-order valence-electron chi connectivity index (χ4n) is 1.34. The minimum absolute atomic E-state index is 0.0521. The van der Waals surface area contributed by atoms with Crippen LogP contribution in [0.25, 0.3) is 0 Å². The first-order valence-corrected chi connectivity index (χ1v) is 8.29. The first-order chi connectivity index (χ1) is 9.14. The second kappa shape index (κ2) is 8.62. The van der Waals surface area contributed by atoms with Crippen LogP contribution >= 0.6 is 7.60 Å². The molecule has 0 aromatic heterocycles. The summed E-state index contributed by atoms with van der Waals surface area (Å²) in [6.45, 7) is 9.04. The summed E-state index contributed by atoms with van der Waals surface area (Å²) in [6, 6.07) is 0. The van der Waals surface area contributed by atoms with E-state index in [1.54, 1.807) is 34.6 Å². The van der Waals surface area contributed by atoms with Crippen LogP contribution < -0.4 is 5.32 Å². The van der Waals surface area contributed by atoms with E-state index in [1.165, 1.54) is 0 Å². The van der Waals surface area contributed by atoms with E-state index in [0.717, 1.165) is 0 Å². The quantitative estimate of drug-likeness (QED) is 0.669. The second-order valence-corrected chi connectivity index (χ2v) is 7.27. The molecule has 0 saturated heterocycles. The maximum absolute atomic E-state index is 12.2. The number of hydrogen-bond acceptors (Lipinski definition) is 6. The normalized spacial score (nSPS) is 13.9. The van der Waals surface area contributed by atoms with E-state index in [9.17, 15) is 14.5 Å². The number of aliphatic hydroxyl groups excluding tert-OH is 1. The van der Waals surface area contributed by atoms with Crippen LogP contribution in [0, 0.1) is 0 Å². The molecule has 1 amide bonds. The Balaban J connectivity index is 4.23. The van der Waals surface area contributed by atoms with Gasteiger partial charge in [0.15, 0.2) is 5.85 Å². The SMILES string of the molecule is CCOP(=O)(OCC)C(O)CCNC(=O)OC(C)(C)C. The third-order valence-corrected chi connectivity index (χ3v) is 4.28. The molecule has 1 unspecified atom stereocenters. The Bertz CT molecular complexity index is 331. The summed E-state index contributed by atoms with van der Waals surface area (Å²) in [7, 11) is -3.55. The first-order valence-electron chi connectivity index (χ1n) is 6.68. The largest absolute Gasteiger partial charge is 0.444 e. The van der Waals surface area contributed by atoms with Crippen molar-refractivity contribution in [3.05, 3.63) is 0 Å². The van der Waals surface area contributed by atoms with Crippen LogP contribution in [0.4, 0.5) is 4.79 Å². The molecule has 0 aromatic carbocycles. The molecule has 0 aliphatic rings. The first kappa shape index (κ1) is 19.4. The molecule has 7 nitrogen and oxygen atoms in total. The number of alkyl carbamates (subject to hydrolysis) is 1. The van der Waals surface area contributed by atoms with Crippen molar-refractivity contribution in [1.82, 2.24) is 5.32 Å². The molecule has 2 N–H and O–H groups in total. The summed E-state index contributed by atoms with van der Waals surface area (Å²) in [5.74, 6) is -1.28. The summed E-state index contributed by atoms with van der Waals surface area (Å²) in [4.78, 5) is 11.4. The van der Waals surface area contributed by atoms with Gasteiger partial charge in [-0.15, -0.1) is 0 Å². The molecule has 0 aliphatic heterocycles. The Labute approximate surface area is 120 Å². The number of carbonyl (C=O) groups excluding carboxylic acids is 1. The minimum Gasteiger partial charge on any atom is -0.444 e. The molecule has 0 bridgehead atoms. The molecule has 0 aliphatic carbocycles. The minimum atomic E-state index is -3.55. The average Bonchev–Trinajstić information content (AvgIpc) is 2.26. The van der Waals surface area contributed by atoms with Crippen molar-refractivity contribution in [1.29, 1.82) is 0 Å². The molecular weight excluding hydrogens is 285 g/mol. The second-order valence-electron chi connectivity index (χ2n) is 5.07. The van der Waals surface area contributed by atoms with E-state index in [-0.39, 0.29) is 26.2 Å². The fraction of sp³-hybridized carbons (Fsp3) is 0.917. The van der Waals surface area contributed by atoms with Crippen LogP contribution in [-0.2, 0) is 18.3 Å². The third kappa shape index (κ3) is 7.85. The topological polar surface area (TPSA) is 94.1 Å². The Morgan fingerprint density at radius 3 is 2.15 bits per heavy atom. The van der Waals surface area contributed by atoms with E-state index in [2.05, 4.69) is 5.32 Å². The van der Waals surface area contributed by atoms with Gasteiger partial charge in [-0.1, -0.05) is 0 Å². The Kier molecular flexibility index (Phi) is 8.35. The molecule has 120 valence electrons. The van der Waals surface area contributed by atoms with E-state index in [4.69, 9.17) is 13.8 Å². The van der Waals surface area contributed by atoms with E-state index in [0.29, 0.717) is 0 Å². The zero-order valence-corrected chi connectivity index (χ0v) is 13.7. The number of carbonyl (C=O) groups is 1. The molecule has 8 heteroatoms. The van der Waals surface area contributed by atoms with Crippen molar-refractivity contribution >= 4 is 13.7 Å². The number of amides is 1. The van der Waals surface area contributed by atoms with Gasteiger partial charge in [-0.25, -0.2) is 4.79 Å². The Morgan fingerprint density at radius 1 is 1.25 bits per heavy atom. The highest BCUT2D eigenvalue weighted by atomic mass is 31.2. The summed E-state index contributed by atoms with van der Waals surface area (Å²) in [6.07, 6.45) is -0.538. The summed E-state index contributed by atoms with van der Waals surface area (Å²) in [5.41, 5.74) is -0.589. The summed E-state index contributed by atoms with van der Waals surface area (Å²) >= 11 is 0. The lowest BCUT2D eigenvalue weighted by atomic mass is 10.2. The van der Waals surface area contributed by atoms with Crippen LogP contribution in [-0.4, -0.2) is 42.4 Å². The van der Waals surface area contributed by atoms with Gasteiger partial charge in [-0.05, 0) is 34.6 Å². The molecule has 0 saturated carbocycles. The molecule has 0 aromatic rings. The number of aliphatic hydroxyl groups is 1. The number of rotatable bonds is 8. The molecular formula is C12H26NO6P. The predicted octanol–water partition coefficient (Wildman–Crippen LogP) is 2.49. The van der Waals surface area contributed by atoms with Gasteiger partial charge in [0.2, 0.25) is 0 Å². The van der Waals surface area contributed by atoms with Gasteiger partial charge in [0.1, 0.15) is 5.60 Å². The molecule has 0 fully saturated rings. The fourth-order valence-corrected chi connectivity index (χ4v) is 2.93. The van der Waals surface area contributed by atoms with Gasteiger partial charge in [-0.2, -0.15) is 0 Å². The monoisotopic (exact) mass is 311 g/mol. The lowest BCUT2D eigenvalue weighted by Gasteiger charge is -2.23. The van der Waals surface area contributed by atoms with Crippen molar-refractivity contribution in [3.8, 4) is 0 Å². The molecule has 1 atom stereocenters. The van der Waals surface area contributed by atoms with Gasteiger partial charge >= 0.3 is 13.7 Å². The van der Waals surface area contributed by atoms with Gasteiger partial charge in [0, 0.05) is 13.0 Å². The van der Waals surface area contributed by atoms with Gasteiger partial charge < -0.3 is 24.2 Å². The smallest absolute Gasteiger partial charge is 0.407 e. The van der Waals surface area contributed by atoms with Crippen molar-refractivity contribution in [2.45, 2.75) is 52.5 Å². The Hall–Kier alpha value is -0.620. The van der Waals surface area contributed by atoms with Gasteiger partial charge in [-0.3, -0.25) is 4.57 Å². The molecule has 20 heavy (non-hydrogen) atoms. The summed E-state index contributed by atoms with van der Waals surface area (Å²) in [5, 5.41) is 12.3. The highest BCUT2D eigenvalue weighted by molar-refractivity contribution is 7.54. The van der Waals surface area contributed by atoms with E-state index >= 15 is 0 Å². The van der Waals surface area contributed by atoms with Gasteiger partial charge in [0.25, 0.3) is 0 Å². The highest BCUT2D eigenvalue weighted by Gasteiger charge is 2.33. The third-order valence-electron chi connectivity index (χ3n) is 2.05. The van der Waals surface area contributed by atoms with Crippen LogP contribution in [0.3, 0.4) is 0 Å². The molecule has 0 rings (SSSR count). The van der Waals surface area contributed by atoms with Crippen molar-refractivity contribution in [2.24, 2.45) is 0 Å². The maximum Gasteiger partial charge on any atom is 0.407 e. The standard InChI is InChI=1S/C12H26NO6P/c1-6-17-20(16,18-7-2)10(14)8-9-13-11(15)19-12(3,4)5/h10,14H,6-9H2,1-5H3,(H,13,15). The lowest BCUT2D eigenvalue weighted by Crippen LogP contribution is -2.34. The van der Waals surface area contributed by atoms with E-state index in [1.807, 2.05) is 0 Å². The molecule has 0 spiro atoms. The highest BCUT2D eigenvalue weighted by Crippen LogP contribution is 2.52. The number of ether oxygens (including phenoxy) is 1. The predicted molar refractivity (Wildman–Crippen MR) is 75.7 cm³/mol. The van der Waals surface area contributed by atoms with Crippen LogP contribution in [0.1, 0.15) is 41.0 Å². The number of nitrogens with one attached hydrogen (secondary N) is 1. The number of hydrogen-bond donors (Lipinski definition) is 2. The zero-order valence-electron chi connectivity index (χ0n) is 12.8. The van der Waals surface area contributed by atoms with Crippen LogP contribution in [0.5, 0.6) is 0 Å². The molecule has 0 radical (unpaired) electrons. The van der Waals surface area contributed by atoms with Crippen molar-refractivity contribution in [3.63, 3.8) is 0 Å². The van der Waals surface area contributed by atoms with Gasteiger partial charge in [0.05, 0.1) is 13.2 Å². The van der Waals surface area contributed by atoms with Crippen molar-refractivity contribution < 1.29 is 28.3 Å². The average molecular weight is 311 g/mol. The Morgan fingerprint density at radius 2 is 1.75 bits per heavy atom. The molecule has 0 heterocycles. The van der Waals surface area contributed by atoms with Crippen LogP contribution in [0.15, 0.2) is 0 Å². The van der Waals surface area contributed by atoms with Crippen LogP contribution in [0.2, 0.25) is 0 Å².